The van der Waals surface area contributed by atoms with Crippen molar-refractivity contribution in [3.05, 3.63) is 53.6 Å². The molecule has 0 aromatic heterocycles. The van der Waals surface area contributed by atoms with Gasteiger partial charge in [0.2, 0.25) is 0 Å². The topological polar surface area (TPSA) is 83.2 Å². The third-order valence-corrected chi connectivity index (χ3v) is 8.22. The molecule has 0 radical (unpaired) electrons. The lowest BCUT2D eigenvalue weighted by atomic mass is 9.57. The highest BCUT2D eigenvalue weighted by molar-refractivity contribution is 5.93. The molecule has 37 heavy (non-hydrogen) atoms. The first kappa shape index (κ1) is 32.3. The summed E-state index contributed by atoms with van der Waals surface area (Å²) < 4.78 is 10.6. The average Bonchev–Trinajstić information content (AvgIpc) is 2.83. The first-order valence-electron chi connectivity index (χ1n) is 13.5. The molecule has 1 atom stereocenters. The van der Waals surface area contributed by atoms with Crippen LogP contribution in [0, 0.1) is 27.1 Å². The van der Waals surface area contributed by atoms with Crippen molar-refractivity contribution < 1.29 is 14.3 Å². The summed E-state index contributed by atoms with van der Waals surface area (Å²) in [6, 6.07) is 8.27. The fraction of sp³-hybridized carbons (Fsp3) is 0.594. The number of carbonyl (C=O) groups is 1. The van der Waals surface area contributed by atoms with Crippen molar-refractivity contribution in [2.75, 3.05) is 13.7 Å². The summed E-state index contributed by atoms with van der Waals surface area (Å²) in [7, 11) is 1.37. The minimum absolute atomic E-state index is 0.156. The van der Waals surface area contributed by atoms with E-state index in [1.165, 1.54) is 18.7 Å². The van der Waals surface area contributed by atoms with E-state index < -0.39 is 10.8 Å². The van der Waals surface area contributed by atoms with E-state index in [2.05, 4.69) is 44.2 Å². The summed E-state index contributed by atoms with van der Waals surface area (Å²) in [5, 5.41) is 17.2. The van der Waals surface area contributed by atoms with E-state index in [-0.39, 0.29) is 17.3 Å². The van der Waals surface area contributed by atoms with E-state index in [0.29, 0.717) is 18.7 Å². The number of benzene rings is 1. The normalized spacial score (nSPS) is 13.7. The van der Waals surface area contributed by atoms with Gasteiger partial charge in [0.05, 0.1) is 19.1 Å². The average molecular weight is 511 g/mol. The molecule has 0 spiro atoms. The number of methoxy groups -OCH3 is 1. The van der Waals surface area contributed by atoms with E-state index in [9.17, 15) is 4.79 Å². The Balaban J connectivity index is 2.47. The maximum absolute atomic E-state index is 11.2. The predicted molar refractivity (Wildman–Crippen MR) is 156 cm³/mol. The Labute approximate surface area is 225 Å². The predicted octanol–water partition coefficient (Wildman–Crippen LogP) is 8.42. The molecular weight excluding hydrogens is 460 g/mol. The van der Waals surface area contributed by atoms with Crippen LogP contribution in [0.4, 0.5) is 0 Å². The molecule has 1 aromatic carbocycles. The van der Waals surface area contributed by atoms with Gasteiger partial charge in [-0.05, 0) is 69.1 Å². The molecule has 1 unspecified atom stereocenters. The Morgan fingerprint density at radius 2 is 1.51 bits per heavy atom. The number of aryl methyl sites for hydroxylation is 1. The maximum Gasteiger partial charge on any atom is 0.330 e. The van der Waals surface area contributed by atoms with Gasteiger partial charge in [0.25, 0.3) is 0 Å². The second kappa shape index (κ2) is 14.3. The third kappa shape index (κ3) is 9.60. The van der Waals surface area contributed by atoms with Crippen molar-refractivity contribution in [2.45, 2.75) is 93.4 Å². The van der Waals surface area contributed by atoms with Gasteiger partial charge >= 0.3 is 5.97 Å². The minimum Gasteiger partial charge on any atom is -0.481 e. The molecule has 206 valence electrons. The fourth-order valence-corrected chi connectivity index (χ4v) is 4.36. The van der Waals surface area contributed by atoms with Crippen LogP contribution in [0.3, 0.4) is 0 Å². The standard InChI is InChI=1S/C32H50N2O3/c1-24(2)30(4,5)23-32(8,31(6,7)25(3)33)29(34)37-22-14-12-10-11-13-15-26-16-18-27(19-17-26)20-21-28(35)36-9/h16-21,33-34H,1,10-15,22-23H2,2-9H3/b21-20+,33-25?,34-29?. The number of allylic oxidation sites excluding steroid dienone is 1. The molecule has 0 fully saturated rings. The van der Waals surface area contributed by atoms with E-state index in [4.69, 9.17) is 15.6 Å². The molecule has 0 saturated carbocycles. The fourth-order valence-electron chi connectivity index (χ4n) is 4.36. The quantitative estimate of drug-likeness (QED) is 0.0584. The molecule has 0 aliphatic rings. The molecule has 5 nitrogen and oxygen atoms in total. The lowest BCUT2D eigenvalue weighted by molar-refractivity contribution is -0.134. The lowest BCUT2D eigenvalue weighted by Gasteiger charge is -2.47. The van der Waals surface area contributed by atoms with Gasteiger partial charge in [0.1, 0.15) is 0 Å². The van der Waals surface area contributed by atoms with E-state index in [1.54, 1.807) is 6.08 Å². The zero-order chi connectivity index (χ0) is 28.3. The van der Waals surface area contributed by atoms with Gasteiger partial charge in [0, 0.05) is 17.2 Å². The highest BCUT2D eigenvalue weighted by atomic mass is 16.5. The molecule has 0 aliphatic heterocycles. The Morgan fingerprint density at radius 1 is 0.946 bits per heavy atom. The maximum atomic E-state index is 11.2. The SMILES string of the molecule is C=C(C)C(C)(C)CC(C)(C(=N)OCCCCCCCc1ccc(/C=C/C(=O)OC)cc1)C(C)(C)C(C)=N. The van der Waals surface area contributed by atoms with Gasteiger partial charge < -0.3 is 14.9 Å². The first-order valence-corrected chi connectivity index (χ1v) is 13.5. The largest absolute Gasteiger partial charge is 0.481 e. The third-order valence-electron chi connectivity index (χ3n) is 8.22. The Hall–Kier alpha value is -2.69. The van der Waals surface area contributed by atoms with Crippen molar-refractivity contribution in [1.29, 1.82) is 10.8 Å². The summed E-state index contributed by atoms with van der Waals surface area (Å²) in [5.74, 6) is -0.0688. The zero-order valence-electron chi connectivity index (χ0n) is 24.6. The van der Waals surface area contributed by atoms with E-state index in [0.717, 1.165) is 49.7 Å². The highest BCUT2D eigenvalue weighted by Crippen LogP contribution is 2.50. The van der Waals surface area contributed by atoms with Gasteiger partial charge in [-0.25, -0.2) is 4.79 Å². The summed E-state index contributed by atoms with van der Waals surface area (Å²) in [6.45, 7) is 19.1. The lowest BCUT2D eigenvalue weighted by Crippen LogP contribution is -2.49. The molecule has 0 aliphatic carbocycles. The van der Waals surface area contributed by atoms with Crippen molar-refractivity contribution in [3.63, 3.8) is 0 Å². The molecule has 0 amide bonds. The molecule has 5 heteroatoms. The van der Waals surface area contributed by atoms with Gasteiger partial charge in [-0.3, -0.25) is 5.41 Å². The summed E-state index contributed by atoms with van der Waals surface area (Å²) in [5.41, 5.74) is 2.69. The first-order chi connectivity index (χ1) is 17.2. The molecule has 0 saturated heterocycles. The monoisotopic (exact) mass is 510 g/mol. The van der Waals surface area contributed by atoms with Crippen molar-refractivity contribution in [1.82, 2.24) is 0 Å². The summed E-state index contributed by atoms with van der Waals surface area (Å²) >= 11 is 0. The van der Waals surface area contributed by atoms with Gasteiger partial charge in [0.15, 0.2) is 5.90 Å². The van der Waals surface area contributed by atoms with E-state index in [1.807, 2.05) is 39.8 Å². The number of nitrogens with one attached hydrogen (secondary N) is 2. The van der Waals surface area contributed by atoms with Gasteiger partial charge in [-0.15, -0.1) is 0 Å². The number of ether oxygens (including phenoxy) is 2. The van der Waals surface area contributed by atoms with Crippen LogP contribution >= 0.6 is 0 Å². The van der Waals surface area contributed by atoms with Gasteiger partial charge in [-0.1, -0.05) is 83.4 Å². The zero-order valence-corrected chi connectivity index (χ0v) is 24.6. The summed E-state index contributed by atoms with van der Waals surface area (Å²) in [4.78, 5) is 11.2. The van der Waals surface area contributed by atoms with Crippen LogP contribution in [-0.4, -0.2) is 31.3 Å². The number of hydrogen-bond acceptors (Lipinski definition) is 5. The number of rotatable bonds is 16. The van der Waals surface area contributed by atoms with Crippen LogP contribution in [0.1, 0.15) is 98.1 Å². The summed E-state index contributed by atoms with van der Waals surface area (Å²) in [6.07, 6.45) is 10.4. The molecule has 0 heterocycles. The highest BCUT2D eigenvalue weighted by Gasteiger charge is 2.50. The van der Waals surface area contributed by atoms with E-state index >= 15 is 0 Å². The Morgan fingerprint density at radius 3 is 2.05 bits per heavy atom. The van der Waals surface area contributed by atoms with Crippen LogP contribution in [0.5, 0.6) is 0 Å². The van der Waals surface area contributed by atoms with Crippen LogP contribution in [0.2, 0.25) is 0 Å². The number of hydrogen-bond donors (Lipinski definition) is 2. The smallest absolute Gasteiger partial charge is 0.330 e. The van der Waals surface area contributed by atoms with Gasteiger partial charge in [-0.2, -0.15) is 0 Å². The van der Waals surface area contributed by atoms with Crippen LogP contribution in [-0.2, 0) is 20.7 Å². The van der Waals surface area contributed by atoms with Crippen molar-refractivity contribution in [3.8, 4) is 0 Å². The second-order valence-electron chi connectivity index (χ2n) is 11.7. The molecule has 1 rings (SSSR count). The Kier molecular flexibility index (Phi) is 12.5. The second-order valence-corrected chi connectivity index (χ2v) is 11.7. The molecule has 1 aromatic rings. The van der Waals surface area contributed by atoms with Crippen LogP contribution in [0.25, 0.3) is 6.08 Å². The molecule has 2 N–H and O–H groups in total. The van der Waals surface area contributed by atoms with Crippen molar-refractivity contribution in [2.24, 2.45) is 16.2 Å². The Bertz CT molecular complexity index is 957. The van der Waals surface area contributed by atoms with Crippen molar-refractivity contribution >= 4 is 23.7 Å². The molecule has 0 bridgehead atoms. The number of esters is 1. The molecular formula is C32H50N2O3. The van der Waals surface area contributed by atoms with Crippen LogP contribution in [0.15, 0.2) is 42.5 Å². The minimum atomic E-state index is -0.591. The number of carbonyl (C=O) groups excluding carboxylic acids is 1. The number of unbranched alkanes of at least 4 members (excludes halogenated alkanes) is 4. The van der Waals surface area contributed by atoms with Crippen LogP contribution < -0.4 is 0 Å².